The summed E-state index contributed by atoms with van der Waals surface area (Å²) in [5.41, 5.74) is 5.21. The Kier molecular flexibility index (Phi) is 5.88. The van der Waals surface area contributed by atoms with E-state index in [1.165, 1.54) is 32.1 Å². The lowest BCUT2D eigenvalue weighted by Crippen LogP contribution is -2.43. The van der Waals surface area contributed by atoms with Crippen LogP contribution < -0.4 is 5.73 Å². The van der Waals surface area contributed by atoms with Crippen LogP contribution in [-0.4, -0.2) is 41.8 Å². The smallest absolute Gasteiger partial charge is 0.0797 e. The number of hydrogen-bond donors (Lipinski definition) is 2. The van der Waals surface area contributed by atoms with Crippen molar-refractivity contribution in [2.75, 3.05) is 20.1 Å². The summed E-state index contributed by atoms with van der Waals surface area (Å²) < 4.78 is 0. The van der Waals surface area contributed by atoms with Crippen molar-refractivity contribution in [1.29, 1.82) is 0 Å². The first-order valence-corrected chi connectivity index (χ1v) is 8.71. The molecule has 3 N–H and O–H groups in total. The van der Waals surface area contributed by atoms with Gasteiger partial charge in [0.15, 0.2) is 0 Å². The predicted molar refractivity (Wildman–Crippen MR) is 84.6 cm³/mol. The highest BCUT2D eigenvalue weighted by atomic mass is 16.3. The average molecular weight is 282 g/mol. The highest BCUT2D eigenvalue weighted by molar-refractivity contribution is 4.93. The molecule has 2 atom stereocenters. The van der Waals surface area contributed by atoms with E-state index >= 15 is 0 Å². The fraction of sp³-hybridized carbons (Fsp3) is 1.00. The van der Waals surface area contributed by atoms with Gasteiger partial charge >= 0.3 is 0 Å². The molecule has 0 aromatic heterocycles. The Balaban J connectivity index is 1.74. The highest BCUT2D eigenvalue weighted by Crippen LogP contribution is 2.37. The van der Waals surface area contributed by atoms with Crippen molar-refractivity contribution in [2.24, 2.45) is 17.6 Å². The molecule has 0 aliphatic heterocycles. The third kappa shape index (κ3) is 3.75. The normalized spacial score (nSPS) is 38.5. The monoisotopic (exact) mass is 282 g/mol. The molecule has 0 aromatic rings. The molecule has 0 heterocycles. The van der Waals surface area contributed by atoms with E-state index in [1.54, 1.807) is 0 Å². The van der Waals surface area contributed by atoms with E-state index in [4.69, 9.17) is 5.73 Å². The summed E-state index contributed by atoms with van der Waals surface area (Å²) in [5.74, 6) is 1.39. The molecule has 3 heteroatoms. The van der Waals surface area contributed by atoms with Crippen LogP contribution in [0.3, 0.4) is 0 Å². The van der Waals surface area contributed by atoms with E-state index in [-0.39, 0.29) is 0 Å². The molecule has 2 aliphatic carbocycles. The van der Waals surface area contributed by atoms with E-state index in [0.717, 1.165) is 44.2 Å². The Labute approximate surface area is 124 Å². The van der Waals surface area contributed by atoms with Gasteiger partial charge in [0, 0.05) is 12.6 Å². The summed E-state index contributed by atoms with van der Waals surface area (Å²) in [5, 5.41) is 10.5. The molecule has 0 amide bonds. The molecule has 3 nitrogen and oxygen atoms in total. The molecule has 2 saturated carbocycles. The third-order valence-corrected chi connectivity index (χ3v) is 6.12. The van der Waals surface area contributed by atoms with E-state index in [2.05, 4.69) is 18.9 Å². The van der Waals surface area contributed by atoms with Crippen molar-refractivity contribution >= 4 is 0 Å². The molecule has 0 bridgehead atoms. The van der Waals surface area contributed by atoms with Crippen LogP contribution in [0.4, 0.5) is 0 Å². The van der Waals surface area contributed by atoms with Crippen LogP contribution in [0.5, 0.6) is 0 Å². The van der Waals surface area contributed by atoms with Gasteiger partial charge in [0.05, 0.1) is 5.60 Å². The molecule has 2 unspecified atom stereocenters. The van der Waals surface area contributed by atoms with Crippen LogP contribution in [0.15, 0.2) is 0 Å². The SMILES string of the molecule is CCC1CCC(N(C)CCC2CCCC2(O)CN)CC1. The largest absolute Gasteiger partial charge is 0.388 e. The molecule has 20 heavy (non-hydrogen) atoms. The maximum absolute atomic E-state index is 10.5. The Morgan fingerprint density at radius 2 is 1.90 bits per heavy atom. The van der Waals surface area contributed by atoms with Crippen LogP contribution in [0.1, 0.15) is 64.7 Å². The lowest BCUT2D eigenvalue weighted by Gasteiger charge is -2.36. The number of rotatable bonds is 6. The molecule has 118 valence electrons. The Morgan fingerprint density at radius 3 is 2.50 bits per heavy atom. The van der Waals surface area contributed by atoms with Gasteiger partial charge < -0.3 is 15.7 Å². The molecular weight excluding hydrogens is 248 g/mol. The van der Waals surface area contributed by atoms with Gasteiger partial charge in [-0.05, 0) is 70.4 Å². The summed E-state index contributed by atoms with van der Waals surface area (Å²) in [4.78, 5) is 2.54. The molecule has 0 aromatic carbocycles. The van der Waals surface area contributed by atoms with Crippen molar-refractivity contribution in [3.8, 4) is 0 Å². The minimum atomic E-state index is -0.569. The molecule has 0 spiro atoms. The van der Waals surface area contributed by atoms with Crippen molar-refractivity contribution < 1.29 is 5.11 Å². The Bertz CT molecular complexity index is 289. The third-order valence-electron chi connectivity index (χ3n) is 6.12. The number of nitrogens with zero attached hydrogens (tertiary/aromatic N) is 1. The second-order valence-corrected chi connectivity index (χ2v) is 7.25. The molecule has 2 aliphatic rings. The number of aliphatic hydroxyl groups is 1. The van der Waals surface area contributed by atoms with E-state index in [1.807, 2.05) is 0 Å². The quantitative estimate of drug-likeness (QED) is 0.787. The van der Waals surface area contributed by atoms with Crippen LogP contribution in [0, 0.1) is 11.8 Å². The minimum Gasteiger partial charge on any atom is -0.388 e. The second-order valence-electron chi connectivity index (χ2n) is 7.25. The lowest BCUT2D eigenvalue weighted by molar-refractivity contribution is 0.00317. The Hall–Kier alpha value is -0.120. The first-order chi connectivity index (χ1) is 9.59. The summed E-state index contributed by atoms with van der Waals surface area (Å²) in [6.45, 7) is 3.87. The van der Waals surface area contributed by atoms with E-state index < -0.39 is 5.60 Å². The zero-order chi connectivity index (χ0) is 14.6. The van der Waals surface area contributed by atoms with Crippen LogP contribution in [-0.2, 0) is 0 Å². The second kappa shape index (κ2) is 7.24. The first kappa shape index (κ1) is 16.3. The lowest BCUT2D eigenvalue weighted by atomic mass is 9.83. The van der Waals surface area contributed by atoms with E-state index in [9.17, 15) is 5.11 Å². The summed E-state index contributed by atoms with van der Waals surface area (Å²) in [7, 11) is 2.27. The standard InChI is InChI=1S/C17H34N2O/c1-3-14-6-8-16(9-7-14)19(2)12-10-15-5-4-11-17(15,20)13-18/h14-16,20H,3-13,18H2,1-2H3. The topological polar surface area (TPSA) is 49.5 Å². The van der Waals surface area contributed by atoms with Crippen molar-refractivity contribution in [3.05, 3.63) is 0 Å². The fourth-order valence-corrected chi connectivity index (χ4v) is 4.35. The van der Waals surface area contributed by atoms with Crippen LogP contribution in [0.25, 0.3) is 0 Å². The van der Waals surface area contributed by atoms with Gasteiger partial charge in [-0.3, -0.25) is 0 Å². The van der Waals surface area contributed by atoms with Gasteiger partial charge in [-0.1, -0.05) is 19.8 Å². The highest BCUT2D eigenvalue weighted by Gasteiger charge is 2.39. The summed E-state index contributed by atoms with van der Waals surface area (Å²) in [6, 6.07) is 0.769. The molecule has 0 radical (unpaired) electrons. The molecule has 2 rings (SSSR count). The van der Waals surface area contributed by atoms with Gasteiger partial charge in [0.2, 0.25) is 0 Å². The maximum Gasteiger partial charge on any atom is 0.0797 e. The van der Waals surface area contributed by atoms with Crippen molar-refractivity contribution in [1.82, 2.24) is 4.90 Å². The predicted octanol–water partition coefficient (Wildman–Crippen LogP) is 2.77. The molecule has 2 fully saturated rings. The Morgan fingerprint density at radius 1 is 1.20 bits per heavy atom. The molecular formula is C17H34N2O. The van der Waals surface area contributed by atoms with Gasteiger partial charge in [0.25, 0.3) is 0 Å². The van der Waals surface area contributed by atoms with E-state index in [0.29, 0.717) is 12.5 Å². The van der Waals surface area contributed by atoms with Gasteiger partial charge in [-0.25, -0.2) is 0 Å². The average Bonchev–Trinajstić information content (AvgIpc) is 2.86. The zero-order valence-corrected chi connectivity index (χ0v) is 13.5. The van der Waals surface area contributed by atoms with Crippen molar-refractivity contribution in [3.63, 3.8) is 0 Å². The van der Waals surface area contributed by atoms with Gasteiger partial charge in [0.1, 0.15) is 0 Å². The molecule has 0 saturated heterocycles. The number of hydrogen-bond acceptors (Lipinski definition) is 3. The van der Waals surface area contributed by atoms with Crippen LogP contribution in [0.2, 0.25) is 0 Å². The first-order valence-electron chi connectivity index (χ1n) is 8.71. The minimum absolute atomic E-state index is 0.418. The maximum atomic E-state index is 10.5. The number of nitrogens with two attached hydrogens (primary N) is 1. The zero-order valence-electron chi connectivity index (χ0n) is 13.5. The van der Waals surface area contributed by atoms with Gasteiger partial charge in [-0.2, -0.15) is 0 Å². The summed E-state index contributed by atoms with van der Waals surface area (Å²) in [6.07, 6.45) is 11.2. The van der Waals surface area contributed by atoms with Crippen molar-refractivity contribution in [2.45, 2.75) is 76.4 Å². The van der Waals surface area contributed by atoms with Gasteiger partial charge in [-0.15, -0.1) is 0 Å². The van der Waals surface area contributed by atoms with Crippen LogP contribution >= 0.6 is 0 Å². The fourth-order valence-electron chi connectivity index (χ4n) is 4.35. The summed E-state index contributed by atoms with van der Waals surface area (Å²) >= 11 is 0.